The molecule has 1 aromatic rings. The van der Waals surface area contributed by atoms with Crippen molar-refractivity contribution >= 4 is 11.6 Å². The fraction of sp³-hybridized carbons (Fsp3) is 0.750. The van der Waals surface area contributed by atoms with Gasteiger partial charge in [-0.1, -0.05) is 20.8 Å². The van der Waals surface area contributed by atoms with Crippen LogP contribution in [0.5, 0.6) is 0 Å². The second kappa shape index (κ2) is 8.82. The molecule has 5 nitrogen and oxygen atoms in total. The van der Waals surface area contributed by atoms with E-state index in [2.05, 4.69) is 68.0 Å². The van der Waals surface area contributed by atoms with Gasteiger partial charge in [0.25, 0.3) is 0 Å². The molecule has 0 atom stereocenters. The first-order chi connectivity index (χ1) is 9.97. The van der Waals surface area contributed by atoms with Crippen LogP contribution in [0.3, 0.4) is 0 Å². The number of aromatic nitrogens is 2. The van der Waals surface area contributed by atoms with Crippen LogP contribution in [0.4, 0.5) is 11.6 Å². The number of nitrogens with one attached hydrogen (secondary N) is 1. The van der Waals surface area contributed by atoms with Crippen LogP contribution in [0.2, 0.25) is 0 Å². The zero-order valence-electron chi connectivity index (χ0n) is 14.5. The topological polar surface area (TPSA) is 44.3 Å². The van der Waals surface area contributed by atoms with E-state index in [0.29, 0.717) is 5.92 Å². The van der Waals surface area contributed by atoms with E-state index in [1.807, 2.05) is 0 Å². The Kier molecular flexibility index (Phi) is 7.43. The highest BCUT2D eigenvalue weighted by atomic mass is 15.2. The third-order valence-electron chi connectivity index (χ3n) is 3.24. The molecule has 0 aliphatic heterocycles. The van der Waals surface area contributed by atoms with Gasteiger partial charge in [-0.05, 0) is 27.4 Å². The van der Waals surface area contributed by atoms with Gasteiger partial charge in [-0.15, -0.1) is 0 Å². The number of hydrogen-bond acceptors (Lipinski definition) is 5. The summed E-state index contributed by atoms with van der Waals surface area (Å²) in [6.45, 7) is 12.5. The van der Waals surface area contributed by atoms with Gasteiger partial charge >= 0.3 is 0 Å². The molecule has 0 fully saturated rings. The van der Waals surface area contributed by atoms with Gasteiger partial charge in [-0.3, -0.25) is 0 Å². The largest absolute Gasteiger partial charge is 0.370 e. The molecule has 0 aromatic carbocycles. The van der Waals surface area contributed by atoms with Crippen LogP contribution in [0.1, 0.15) is 45.9 Å². The quantitative estimate of drug-likeness (QED) is 0.758. The Bertz CT molecular complexity index is 417. The second-order valence-corrected chi connectivity index (χ2v) is 5.94. The minimum atomic E-state index is 0.333. The van der Waals surface area contributed by atoms with Crippen molar-refractivity contribution < 1.29 is 0 Å². The van der Waals surface area contributed by atoms with Crippen molar-refractivity contribution in [2.75, 3.05) is 50.5 Å². The lowest BCUT2D eigenvalue weighted by atomic mass is 10.2. The van der Waals surface area contributed by atoms with Gasteiger partial charge in [0.05, 0.1) is 0 Å². The number of hydrogen-bond donors (Lipinski definition) is 1. The van der Waals surface area contributed by atoms with Crippen LogP contribution in [-0.4, -0.2) is 55.1 Å². The van der Waals surface area contributed by atoms with Crippen molar-refractivity contribution in [2.24, 2.45) is 0 Å². The third kappa shape index (κ3) is 5.87. The summed E-state index contributed by atoms with van der Waals surface area (Å²) in [4.78, 5) is 13.9. The van der Waals surface area contributed by atoms with Crippen LogP contribution in [0, 0.1) is 0 Å². The van der Waals surface area contributed by atoms with Gasteiger partial charge in [-0.2, -0.15) is 0 Å². The SMILES string of the molecule is CCCN(CCN(C)C)c1cc(NCC)nc(C(C)C)n1. The summed E-state index contributed by atoms with van der Waals surface area (Å²) in [6.07, 6.45) is 1.12. The van der Waals surface area contributed by atoms with Crippen LogP contribution >= 0.6 is 0 Å². The Labute approximate surface area is 129 Å². The van der Waals surface area contributed by atoms with Crippen LogP contribution in [0.25, 0.3) is 0 Å². The normalized spacial score (nSPS) is 11.2. The molecule has 0 radical (unpaired) electrons. The van der Waals surface area contributed by atoms with E-state index in [0.717, 1.165) is 50.1 Å². The second-order valence-electron chi connectivity index (χ2n) is 5.94. The lowest BCUT2D eigenvalue weighted by molar-refractivity contribution is 0.412. The Morgan fingerprint density at radius 1 is 1.10 bits per heavy atom. The van der Waals surface area contributed by atoms with E-state index in [9.17, 15) is 0 Å². The molecule has 120 valence electrons. The first-order valence-electron chi connectivity index (χ1n) is 8.00. The van der Waals surface area contributed by atoms with E-state index in [-0.39, 0.29) is 0 Å². The monoisotopic (exact) mass is 293 g/mol. The van der Waals surface area contributed by atoms with Gasteiger partial charge in [0.1, 0.15) is 17.5 Å². The lowest BCUT2D eigenvalue weighted by Gasteiger charge is -2.26. The summed E-state index contributed by atoms with van der Waals surface area (Å²) in [7, 11) is 4.21. The predicted molar refractivity (Wildman–Crippen MR) is 91.3 cm³/mol. The highest BCUT2D eigenvalue weighted by Gasteiger charge is 2.13. The molecule has 0 spiro atoms. The van der Waals surface area contributed by atoms with E-state index in [1.54, 1.807) is 0 Å². The highest BCUT2D eigenvalue weighted by Crippen LogP contribution is 2.20. The summed E-state index contributed by atoms with van der Waals surface area (Å²) < 4.78 is 0. The van der Waals surface area contributed by atoms with Crippen molar-refractivity contribution in [3.8, 4) is 0 Å². The summed E-state index contributed by atoms with van der Waals surface area (Å²) in [5.41, 5.74) is 0. The standard InChI is InChI=1S/C16H31N5/c1-7-9-21(11-10-20(5)6)15-12-14(17-8-2)18-16(19-15)13(3)4/h12-13H,7-11H2,1-6H3,(H,17,18,19). The fourth-order valence-corrected chi connectivity index (χ4v) is 2.08. The number of nitrogens with zero attached hydrogens (tertiary/aromatic N) is 4. The van der Waals surface area contributed by atoms with Gasteiger partial charge in [0, 0.05) is 38.2 Å². The van der Waals surface area contributed by atoms with E-state index in [4.69, 9.17) is 4.98 Å². The van der Waals surface area contributed by atoms with Crippen LogP contribution in [0.15, 0.2) is 6.07 Å². The van der Waals surface area contributed by atoms with E-state index < -0.39 is 0 Å². The molecule has 0 saturated heterocycles. The maximum absolute atomic E-state index is 4.77. The van der Waals surface area contributed by atoms with Crippen molar-refractivity contribution in [3.05, 3.63) is 11.9 Å². The van der Waals surface area contributed by atoms with Crippen LogP contribution in [-0.2, 0) is 0 Å². The lowest BCUT2D eigenvalue weighted by Crippen LogP contribution is -2.33. The van der Waals surface area contributed by atoms with Crippen molar-refractivity contribution in [1.82, 2.24) is 14.9 Å². The molecule has 1 rings (SSSR count). The average Bonchev–Trinajstić information content (AvgIpc) is 2.43. The Hall–Kier alpha value is -1.36. The molecule has 0 unspecified atom stereocenters. The molecular weight excluding hydrogens is 262 g/mol. The smallest absolute Gasteiger partial charge is 0.135 e. The molecule has 0 bridgehead atoms. The average molecular weight is 293 g/mol. The van der Waals surface area contributed by atoms with Crippen molar-refractivity contribution in [2.45, 2.75) is 40.0 Å². The van der Waals surface area contributed by atoms with E-state index >= 15 is 0 Å². The highest BCUT2D eigenvalue weighted by molar-refractivity contribution is 5.49. The maximum atomic E-state index is 4.77. The van der Waals surface area contributed by atoms with Gasteiger partial charge in [0.2, 0.25) is 0 Å². The summed E-state index contributed by atoms with van der Waals surface area (Å²) in [5.74, 6) is 3.21. The first-order valence-corrected chi connectivity index (χ1v) is 8.00. The zero-order valence-corrected chi connectivity index (χ0v) is 14.5. The third-order valence-corrected chi connectivity index (χ3v) is 3.24. The zero-order chi connectivity index (χ0) is 15.8. The number of anilines is 2. The molecule has 21 heavy (non-hydrogen) atoms. The van der Waals surface area contributed by atoms with E-state index in [1.165, 1.54) is 0 Å². The number of rotatable bonds is 9. The first kappa shape index (κ1) is 17.7. The van der Waals surface area contributed by atoms with Crippen LogP contribution < -0.4 is 10.2 Å². The minimum absolute atomic E-state index is 0.333. The van der Waals surface area contributed by atoms with Gasteiger partial charge in [0.15, 0.2) is 0 Å². The fourth-order valence-electron chi connectivity index (χ4n) is 2.08. The molecular formula is C16H31N5. The molecule has 5 heteroatoms. The van der Waals surface area contributed by atoms with Gasteiger partial charge in [-0.25, -0.2) is 9.97 Å². The Morgan fingerprint density at radius 3 is 2.33 bits per heavy atom. The summed E-state index contributed by atoms with van der Waals surface area (Å²) in [5, 5.41) is 3.32. The molecule has 0 aliphatic carbocycles. The molecule has 0 saturated carbocycles. The van der Waals surface area contributed by atoms with Gasteiger partial charge < -0.3 is 15.1 Å². The predicted octanol–water partition coefficient (Wildman–Crippen LogP) is 2.81. The molecule has 1 heterocycles. The molecule has 1 aromatic heterocycles. The number of likely N-dealkylation sites (N-methyl/N-ethyl adjacent to an activating group) is 1. The molecule has 0 amide bonds. The molecule has 0 aliphatic rings. The Morgan fingerprint density at radius 2 is 1.81 bits per heavy atom. The summed E-state index contributed by atoms with van der Waals surface area (Å²) >= 11 is 0. The summed E-state index contributed by atoms with van der Waals surface area (Å²) in [6, 6.07) is 2.07. The maximum Gasteiger partial charge on any atom is 0.135 e. The minimum Gasteiger partial charge on any atom is -0.370 e. The van der Waals surface area contributed by atoms with Crippen molar-refractivity contribution in [1.29, 1.82) is 0 Å². The Balaban J connectivity index is 3.03. The van der Waals surface area contributed by atoms with Crippen molar-refractivity contribution in [3.63, 3.8) is 0 Å². The molecule has 1 N–H and O–H groups in total.